The zero-order valence-electron chi connectivity index (χ0n) is 25.6. The fourth-order valence-electron chi connectivity index (χ4n) is 3.45. The van der Waals surface area contributed by atoms with Crippen molar-refractivity contribution in [1.82, 2.24) is 5.32 Å². The molecule has 0 radical (unpaired) electrons. The van der Waals surface area contributed by atoms with Gasteiger partial charge in [0.25, 0.3) is 5.91 Å². The van der Waals surface area contributed by atoms with E-state index in [0.29, 0.717) is 16.8 Å². The smallest absolute Gasteiger partial charge is 0.408 e. The number of hydrogen-bond donors (Lipinski definition) is 2. The molecule has 2 amide bonds. The maximum Gasteiger partial charge on any atom is 0.408 e. The molecule has 0 aliphatic heterocycles. The summed E-state index contributed by atoms with van der Waals surface area (Å²) in [4.78, 5) is 52.0. The highest BCUT2D eigenvalue weighted by Gasteiger charge is 2.42. The molecule has 11 heteroatoms. The van der Waals surface area contributed by atoms with E-state index < -0.39 is 47.0 Å². The van der Waals surface area contributed by atoms with Crippen molar-refractivity contribution < 1.29 is 38.1 Å². The Labute approximate surface area is 255 Å². The van der Waals surface area contributed by atoms with Crippen molar-refractivity contribution in [2.24, 2.45) is 0 Å². The molecule has 0 aliphatic rings. The first-order valence-electron chi connectivity index (χ1n) is 13.5. The van der Waals surface area contributed by atoms with Crippen LogP contribution in [0.15, 0.2) is 53.0 Å². The van der Waals surface area contributed by atoms with Gasteiger partial charge in [-0.1, -0.05) is 28.1 Å². The predicted molar refractivity (Wildman–Crippen MR) is 162 cm³/mol. The predicted octanol–water partition coefficient (Wildman–Crippen LogP) is 6.16. The van der Waals surface area contributed by atoms with Crippen molar-refractivity contribution in [3.05, 3.63) is 64.1 Å². The van der Waals surface area contributed by atoms with Crippen LogP contribution in [0.5, 0.6) is 0 Å². The van der Waals surface area contributed by atoms with Crippen molar-refractivity contribution in [2.75, 3.05) is 5.32 Å². The summed E-state index contributed by atoms with van der Waals surface area (Å²) in [6, 6.07) is 12.1. The SMILES string of the molecule is CC(C)(C)OC(=O)N[C@H](C(=O)OC(C)(C)C)[C@H](OCc1cccc(NC(=O)c2ccc(Br)cc2)c1)C(=O)OC(C)(C)C. The van der Waals surface area contributed by atoms with Crippen LogP contribution in [0.2, 0.25) is 0 Å². The average Bonchev–Trinajstić information content (AvgIpc) is 2.80. The lowest BCUT2D eigenvalue weighted by atomic mass is 10.1. The van der Waals surface area contributed by atoms with E-state index in [-0.39, 0.29) is 12.5 Å². The summed E-state index contributed by atoms with van der Waals surface area (Å²) < 4.78 is 23.2. The topological polar surface area (TPSA) is 129 Å². The monoisotopic (exact) mass is 648 g/mol. The molecule has 2 atom stereocenters. The van der Waals surface area contributed by atoms with E-state index in [1.165, 1.54) is 0 Å². The van der Waals surface area contributed by atoms with Crippen LogP contribution in [-0.4, -0.2) is 52.9 Å². The summed E-state index contributed by atoms with van der Waals surface area (Å²) >= 11 is 3.35. The van der Waals surface area contributed by atoms with E-state index in [1.807, 2.05) is 0 Å². The molecule has 0 aliphatic carbocycles. The first kappa shape index (κ1) is 34.8. The van der Waals surface area contributed by atoms with Crippen molar-refractivity contribution in [2.45, 2.75) is 97.9 Å². The summed E-state index contributed by atoms with van der Waals surface area (Å²) in [6.45, 7) is 14.8. The summed E-state index contributed by atoms with van der Waals surface area (Å²) in [5.41, 5.74) is -1.17. The molecule has 0 heterocycles. The van der Waals surface area contributed by atoms with Crippen LogP contribution in [0.4, 0.5) is 10.5 Å². The second kappa shape index (κ2) is 14.2. The van der Waals surface area contributed by atoms with Crippen LogP contribution >= 0.6 is 15.9 Å². The van der Waals surface area contributed by atoms with Gasteiger partial charge in [-0.3, -0.25) is 4.79 Å². The highest BCUT2D eigenvalue weighted by atomic mass is 79.9. The molecule has 0 spiro atoms. The standard InChI is InChI=1S/C31H41BrN2O8/c1-29(2,3)40-26(36)23(34-28(38)42-31(7,8)9)24(27(37)41-30(4,5)6)39-18-19-11-10-12-22(17-19)33-25(35)20-13-15-21(32)16-14-20/h10-17,23-24H,18H2,1-9H3,(H,33,35)(H,34,38)/t23-,24-/m0/s1. The molecule has 0 unspecified atom stereocenters. The van der Waals surface area contributed by atoms with Crippen LogP contribution in [0.1, 0.15) is 78.2 Å². The lowest BCUT2D eigenvalue weighted by Crippen LogP contribution is -2.56. The molecule has 10 nitrogen and oxygen atoms in total. The largest absolute Gasteiger partial charge is 0.458 e. The Morgan fingerprint density at radius 2 is 1.31 bits per heavy atom. The molecule has 0 saturated carbocycles. The molecular formula is C31H41BrN2O8. The number of benzene rings is 2. The Kier molecular flexibility index (Phi) is 11.7. The first-order chi connectivity index (χ1) is 19.2. The van der Waals surface area contributed by atoms with Crippen LogP contribution in [0.3, 0.4) is 0 Å². The van der Waals surface area contributed by atoms with Crippen molar-refractivity contribution in [3.8, 4) is 0 Å². The van der Waals surface area contributed by atoms with Crippen molar-refractivity contribution in [1.29, 1.82) is 0 Å². The fraction of sp³-hybridized carbons (Fsp3) is 0.484. The number of anilines is 1. The van der Waals surface area contributed by atoms with Gasteiger partial charge in [-0.05, 0) is 104 Å². The van der Waals surface area contributed by atoms with Gasteiger partial charge in [0, 0.05) is 15.7 Å². The van der Waals surface area contributed by atoms with Gasteiger partial charge in [0.1, 0.15) is 16.8 Å². The van der Waals surface area contributed by atoms with Gasteiger partial charge in [-0.25, -0.2) is 14.4 Å². The highest BCUT2D eigenvalue weighted by Crippen LogP contribution is 2.20. The van der Waals surface area contributed by atoms with Gasteiger partial charge in [0.05, 0.1) is 6.61 Å². The van der Waals surface area contributed by atoms with E-state index in [4.69, 9.17) is 18.9 Å². The maximum absolute atomic E-state index is 13.3. The number of carbonyl (C=O) groups is 4. The van der Waals surface area contributed by atoms with E-state index in [0.717, 1.165) is 4.47 Å². The third kappa shape index (κ3) is 12.6. The number of alkyl carbamates (subject to hydrolysis) is 1. The molecular weight excluding hydrogens is 608 g/mol. The minimum Gasteiger partial charge on any atom is -0.458 e. The third-order valence-electron chi connectivity index (χ3n) is 5.00. The quantitative estimate of drug-likeness (QED) is 0.244. The zero-order chi connectivity index (χ0) is 31.9. The molecule has 0 aromatic heterocycles. The molecule has 2 rings (SSSR count). The number of nitrogens with one attached hydrogen (secondary N) is 2. The number of carbonyl (C=O) groups excluding carboxylic acids is 4. The number of esters is 2. The van der Waals surface area contributed by atoms with Gasteiger partial charge in [0.15, 0.2) is 12.1 Å². The molecule has 2 aromatic rings. The molecule has 2 N–H and O–H groups in total. The summed E-state index contributed by atoms with van der Waals surface area (Å²) in [5, 5.41) is 5.26. The third-order valence-corrected chi connectivity index (χ3v) is 5.52. The number of halogens is 1. The van der Waals surface area contributed by atoms with Gasteiger partial charge in [-0.15, -0.1) is 0 Å². The van der Waals surface area contributed by atoms with Crippen LogP contribution in [0.25, 0.3) is 0 Å². The minimum absolute atomic E-state index is 0.165. The molecule has 230 valence electrons. The fourth-order valence-corrected chi connectivity index (χ4v) is 3.71. The Balaban J connectivity index is 2.34. The van der Waals surface area contributed by atoms with Gasteiger partial charge in [0.2, 0.25) is 0 Å². The van der Waals surface area contributed by atoms with Crippen molar-refractivity contribution >= 4 is 45.6 Å². The number of ether oxygens (including phenoxy) is 4. The molecule has 0 fully saturated rings. The van der Waals surface area contributed by atoms with Gasteiger partial charge < -0.3 is 29.6 Å². The first-order valence-corrected chi connectivity index (χ1v) is 14.2. The Morgan fingerprint density at radius 3 is 1.86 bits per heavy atom. The zero-order valence-corrected chi connectivity index (χ0v) is 27.2. The number of hydrogen-bond acceptors (Lipinski definition) is 8. The van der Waals surface area contributed by atoms with Crippen LogP contribution < -0.4 is 10.6 Å². The Bertz CT molecular complexity index is 1260. The number of rotatable bonds is 9. The minimum atomic E-state index is -1.59. The van der Waals surface area contributed by atoms with E-state index in [1.54, 1.807) is 111 Å². The highest BCUT2D eigenvalue weighted by molar-refractivity contribution is 9.10. The Hall–Kier alpha value is -3.44. The molecule has 2 aromatic carbocycles. The van der Waals surface area contributed by atoms with Crippen LogP contribution in [-0.2, 0) is 35.1 Å². The normalized spacial score (nSPS) is 13.4. The molecule has 42 heavy (non-hydrogen) atoms. The second-order valence-electron chi connectivity index (χ2n) is 12.6. The van der Waals surface area contributed by atoms with Gasteiger partial charge >= 0.3 is 18.0 Å². The number of amides is 2. The van der Waals surface area contributed by atoms with Crippen molar-refractivity contribution in [3.63, 3.8) is 0 Å². The lowest BCUT2D eigenvalue weighted by Gasteiger charge is -2.31. The maximum atomic E-state index is 13.3. The Morgan fingerprint density at radius 1 is 0.762 bits per heavy atom. The molecule has 0 saturated heterocycles. The summed E-state index contributed by atoms with van der Waals surface area (Å²) in [5.74, 6) is -2.09. The summed E-state index contributed by atoms with van der Waals surface area (Å²) in [6.07, 6.45) is -2.53. The second-order valence-corrected chi connectivity index (χ2v) is 13.5. The van der Waals surface area contributed by atoms with Crippen LogP contribution in [0, 0.1) is 0 Å². The van der Waals surface area contributed by atoms with E-state index >= 15 is 0 Å². The van der Waals surface area contributed by atoms with Gasteiger partial charge in [-0.2, -0.15) is 0 Å². The van der Waals surface area contributed by atoms with E-state index in [9.17, 15) is 19.2 Å². The summed E-state index contributed by atoms with van der Waals surface area (Å²) in [7, 11) is 0. The van der Waals surface area contributed by atoms with E-state index in [2.05, 4.69) is 26.6 Å². The lowest BCUT2D eigenvalue weighted by molar-refractivity contribution is -0.180. The molecule has 0 bridgehead atoms. The average molecular weight is 650 g/mol.